The highest BCUT2D eigenvalue weighted by atomic mass is 19.4. The number of benzene rings is 1. The van der Waals surface area contributed by atoms with E-state index in [2.05, 4.69) is 0 Å². The van der Waals surface area contributed by atoms with Gasteiger partial charge in [0, 0.05) is 31.7 Å². The van der Waals surface area contributed by atoms with Crippen LogP contribution in [0, 0.1) is 5.41 Å². The number of alkyl halides is 5. The number of amides is 3. The molecule has 0 spiro atoms. The molecule has 0 bridgehead atoms. The molecule has 15 heteroatoms. The van der Waals surface area contributed by atoms with Crippen LogP contribution in [0.5, 0.6) is 5.75 Å². The first-order valence-electron chi connectivity index (χ1n) is 14.3. The molecule has 0 aromatic heterocycles. The summed E-state index contributed by atoms with van der Waals surface area (Å²) in [6.45, 7) is 10.7. The van der Waals surface area contributed by atoms with E-state index in [1.165, 1.54) is 23.8 Å². The van der Waals surface area contributed by atoms with E-state index in [0.29, 0.717) is 25.5 Å². The van der Waals surface area contributed by atoms with Crippen LogP contribution >= 0.6 is 0 Å². The Labute approximate surface area is 252 Å². The van der Waals surface area contributed by atoms with Crippen molar-refractivity contribution in [2.24, 2.45) is 5.41 Å². The summed E-state index contributed by atoms with van der Waals surface area (Å²) in [5, 5.41) is 3.37. The predicted molar refractivity (Wildman–Crippen MR) is 149 cm³/mol. The van der Waals surface area contributed by atoms with Gasteiger partial charge in [0.25, 0.3) is 17.7 Å². The van der Waals surface area contributed by atoms with Gasteiger partial charge in [-0.25, -0.2) is 4.79 Å². The molecule has 1 atom stereocenters. The number of fused-ring (bicyclic) bond motifs is 1. The topological polar surface area (TPSA) is 108 Å². The van der Waals surface area contributed by atoms with Crippen molar-refractivity contribution in [3.8, 4) is 5.75 Å². The molecule has 0 unspecified atom stereocenters. The third-order valence-corrected chi connectivity index (χ3v) is 7.25. The smallest absolute Gasteiger partial charge is 0.417 e. The molecule has 10 nitrogen and oxygen atoms in total. The average Bonchev–Trinajstić information content (AvgIpc) is 2.88. The molecule has 1 aromatic carbocycles. The Morgan fingerprint density at radius 3 is 2.34 bits per heavy atom. The molecule has 1 aromatic rings. The summed E-state index contributed by atoms with van der Waals surface area (Å²) in [7, 11) is 0. The van der Waals surface area contributed by atoms with Gasteiger partial charge in [0.2, 0.25) is 0 Å². The highest BCUT2D eigenvalue weighted by Crippen LogP contribution is 2.44. The van der Waals surface area contributed by atoms with Gasteiger partial charge in [-0.1, -0.05) is 0 Å². The normalized spacial score (nSPS) is 19.0. The number of nitrogens with one attached hydrogen (secondary N) is 1. The van der Waals surface area contributed by atoms with Gasteiger partial charge in [0.1, 0.15) is 5.75 Å². The lowest BCUT2D eigenvalue weighted by Crippen LogP contribution is -2.55. The van der Waals surface area contributed by atoms with E-state index >= 15 is 0 Å². The molecule has 3 amide bonds. The molecule has 2 aliphatic heterocycles. The van der Waals surface area contributed by atoms with Gasteiger partial charge in [-0.15, -0.1) is 5.06 Å². The molecule has 2 aliphatic rings. The van der Waals surface area contributed by atoms with Crippen LogP contribution in [0.25, 0.3) is 0 Å². The van der Waals surface area contributed by atoms with Crippen LogP contribution in [0.3, 0.4) is 0 Å². The molecule has 0 aliphatic carbocycles. The number of hydrogen-bond acceptors (Lipinski definition) is 7. The van der Waals surface area contributed by atoms with Crippen LogP contribution in [0.4, 0.5) is 27.6 Å². The molecule has 3 rings (SSSR count). The van der Waals surface area contributed by atoms with E-state index in [0.717, 1.165) is 11.0 Å². The summed E-state index contributed by atoms with van der Waals surface area (Å²) >= 11 is 0. The minimum Gasteiger partial charge on any atom is -0.476 e. The van der Waals surface area contributed by atoms with Crippen LogP contribution in [0.2, 0.25) is 0 Å². The monoisotopic (exact) mass is 634 g/mol. The highest BCUT2D eigenvalue weighted by molar-refractivity contribution is 6.05. The van der Waals surface area contributed by atoms with Crippen LogP contribution < -0.4 is 15.0 Å². The summed E-state index contributed by atoms with van der Waals surface area (Å²) in [5.74, 6) is -4.08. The molecule has 0 saturated carbocycles. The van der Waals surface area contributed by atoms with Gasteiger partial charge < -0.3 is 24.7 Å². The minimum absolute atomic E-state index is 0.0732. The average molecular weight is 635 g/mol. The fraction of sp³-hybridized carbons (Fsp3) is 0.655. The first kappa shape index (κ1) is 35.0. The second kappa shape index (κ2) is 12.9. The first-order chi connectivity index (χ1) is 20.1. The highest BCUT2D eigenvalue weighted by Gasteiger charge is 2.45. The fourth-order valence-corrected chi connectivity index (χ4v) is 5.06. The number of piperidine rings is 1. The summed E-state index contributed by atoms with van der Waals surface area (Å²) in [6.07, 6.45) is -7.35. The van der Waals surface area contributed by atoms with E-state index in [1.807, 2.05) is 5.32 Å². The largest absolute Gasteiger partial charge is 0.476 e. The van der Waals surface area contributed by atoms with E-state index in [4.69, 9.17) is 9.57 Å². The van der Waals surface area contributed by atoms with Crippen molar-refractivity contribution in [1.82, 2.24) is 15.3 Å². The SMILES string of the molecule is CC(C)N(C(=O)c1cc2c(cc1C(F)(F)F)OC(C)(C)C(=O)N2CCNC(=O)C(F)F)[C@@H]1CCCN(OC(=O)C(C)(C)C)C1. The van der Waals surface area contributed by atoms with Crippen molar-refractivity contribution in [3.63, 3.8) is 0 Å². The molecule has 1 saturated heterocycles. The predicted octanol–water partition coefficient (Wildman–Crippen LogP) is 4.41. The van der Waals surface area contributed by atoms with Gasteiger partial charge in [0.05, 0.1) is 28.8 Å². The molecule has 246 valence electrons. The Balaban J connectivity index is 2.04. The minimum atomic E-state index is -4.99. The van der Waals surface area contributed by atoms with Crippen molar-refractivity contribution in [2.75, 3.05) is 31.1 Å². The molecule has 1 N–H and O–H groups in total. The molecule has 1 fully saturated rings. The summed E-state index contributed by atoms with van der Waals surface area (Å²) in [5.41, 5.74) is -4.63. The van der Waals surface area contributed by atoms with Crippen molar-refractivity contribution >= 4 is 29.4 Å². The van der Waals surface area contributed by atoms with Gasteiger partial charge in [-0.05, 0) is 73.4 Å². The van der Waals surface area contributed by atoms with E-state index < -0.39 is 77.1 Å². The van der Waals surface area contributed by atoms with Gasteiger partial charge in [-0.3, -0.25) is 14.4 Å². The zero-order chi connectivity index (χ0) is 33.4. The number of hydrogen-bond donors (Lipinski definition) is 1. The van der Waals surface area contributed by atoms with Crippen LogP contribution in [0.15, 0.2) is 12.1 Å². The number of hydroxylamine groups is 2. The Bertz CT molecular complexity index is 1280. The molecule has 44 heavy (non-hydrogen) atoms. The van der Waals surface area contributed by atoms with Crippen molar-refractivity contribution in [1.29, 1.82) is 0 Å². The second-order valence-corrected chi connectivity index (χ2v) is 12.6. The second-order valence-electron chi connectivity index (χ2n) is 12.6. The standard InChI is InChI=1S/C29H39F5N4O6/c1-16(2)38(17-9-8-11-36(15-17)44-26(42)27(3,4)5)24(40)18-13-20-21(14-19(18)29(32,33)34)43-28(6,7)25(41)37(20)12-10-35-23(39)22(30)31/h13-14,16-17,22H,8-12,15H2,1-7H3,(H,35,39)/t17-/m1/s1. The van der Waals surface area contributed by atoms with Gasteiger partial charge in [0.15, 0.2) is 5.60 Å². The molecular formula is C29H39F5N4O6. The van der Waals surface area contributed by atoms with Gasteiger partial charge >= 0.3 is 18.6 Å². The summed E-state index contributed by atoms with van der Waals surface area (Å²) in [4.78, 5) is 58.9. The lowest BCUT2D eigenvalue weighted by molar-refractivity contribution is -0.208. The number of carbonyl (C=O) groups is 4. The Morgan fingerprint density at radius 1 is 1.16 bits per heavy atom. The fourth-order valence-electron chi connectivity index (χ4n) is 5.06. The van der Waals surface area contributed by atoms with Crippen LogP contribution in [0.1, 0.15) is 77.2 Å². The Morgan fingerprint density at radius 2 is 1.80 bits per heavy atom. The van der Waals surface area contributed by atoms with Crippen molar-refractivity contribution in [3.05, 3.63) is 23.3 Å². The number of rotatable bonds is 8. The number of anilines is 1. The third kappa shape index (κ3) is 7.77. The van der Waals surface area contributed by atoms with Crippen molar-refractivity contribution < 1.29 is 50.7 Å². The molecule has 2 heterocycles. The molecular weight excluding hydrogens is 595 g/mol. The number of nitrogens with zero attached hydrogens (tertiary/aromatic N) is 3. The maximum Gasteiger partial charge on any atom is 0.417 e. The Kier molecular flexibility index (Phi) is 10.2. The van der Waals surface area contributed by atoms with E-state index in [1.54, 1.807) is 34.6 Å². The lowest BCUT2D eigenvalue weighted by atomic mass is 9.96. The number of carbonyl (C=O) groups excluding carboxylic acids is 4. The zero-order valence-corrected chi connectivity index (χ0v) is 25.8. The Hall–Kier alpha value is -3.49. The maximum absolute atomic E-state index is 14.4. The lowest BCUT2D eigenvalue weighted by Gasteiger charge is -2.42. The van der Waals surface area contributed by atoms with Crippen molar-refractivity contribution in [2.45, 2.75) is 91.6 Å². The zero-order valence-electron chi connectivity index (χ0n) is 25.8. The molecule has 0 radical (unpaired) electrons. The maximum atomic E-state index is 14.4. The third-order valence-electron chi connectivity index (χ3n) is 7.25. The number of halogens is 5. The number of ether oxygens (including phenoxy) is 1. The quantitative estimate of drug-likeness (QED) is 0.422. The van der Waals surface area contributed by atoms with Crippen LogP contribution in [-0.2, 0) is 25.4 Å². The first-order valence-corrected chi connectivity index (χ1v) is 14.3. The van der Waals surface area contributed by atoms with E-state index in [-0.39, 0.29) is 24.5 Å². The van der Waals surface area contributed by atoms with Gasteiger partial charge in [-0.2, -0.15) is 22.0 Å². The summed E-state index contributed by atoms with van der Waals surface area (Å²) in [6, 6.07) is 0.384. The van der Waals surface area contributed by atoms with E-state index in [9.17, 15) is 41.1 Å². The van der Waals surface area contributed by atoms with Crippen LogP contribution in [-0.4, -0.2) is 83.9 Å². The summed E-state index contributed by atoms with van der Waals surface area (Å²) < 4.78 is 74.3.